The third-order valence-corrected chi connectivity index (χ3v) is 5.65. The molecule has 1 amide bonds. The Hall–Kier alpha value is -3.11. The first kappa shape index (κ1) is 20.2. The Morgan fingerprint density at radius 1 is 1.07 bits per heavy atom. The first-order chi connectivity index (χ1) is 14.6. The van der Waals surface area contributed by atoms with Gasteiger partial charge in [0, 0.05) is 66.4 Å². The molecule has 2 aromatic carbocycles. The summed E-state index contributed by atoms with van der Waals surface area (Å²) >= 11 is 6.10. The quantitative estimate of drug-likeness (QED) is 0.454. The van der Waals surface area contributed by atoms with Crippen LogP contribution < -0.4 is 5.32 Å². The average Bonchev–Trinajstić information content (AvgIpc) is 3.10. The standard InChI is InChI=1S/C25H24ClN3O/c1-29-17-23(21-7-2-3-8-24(21)29)22(18-9-11-19(26)12-10-18)16-25(30)28-15-13-20-6-4-5-14-27-20/h2-12,14,17,22H,13,15-16H2,1H3,(H,28,30)/t22-/m0/s1. The fourth-order valence-electron chi connectivity index (χ4n) is 3.89. The number of benzene rings is 2. The van der Waals surface area contributed by atoms with Gasteiger partial charge >= 0.3 is 0 Å². The van der Waals surface area contributed by atoms with E-state index in [0.717, 1.165) is 22.3 Å². The fraction of sp³-hybridized carbons (Fsp3) is 0.200. The summed E-state index contributed by atoms with van der Waals surface area (Å²) in [6.45, 7) is 0.568. The molecule has 0 aliphatic carbocycles. The van der Waals surface area contributed by atoms with Crippen LogP contribution >= 0.6 is 11.6 Å². The maximum Gasteiger partial charge on any atom is 0.220 e. The van der Waals surface area contributed by atoms with Crippen LogP contribution in [0.15, 0.2) is 79.1 Å². The number of halogens is 1. The van der Waals surface area contributed by atoms with Crippen molar-refractivity contribution in [1.82, 2.24) is 14.9 Å². The van der Waals surface area contributed by atoms with Gasteiger partial charge < -0.3 is 9.88 Å². The third kappa shape index (κ3) is 4.55. The molecule has 0 unspecified atom stereocenters. The van der Waals surface area contributed by atoms with E-state index in [1.54, 1.807) is 6.20 Å². The lowest BCUT2D eigenvalue weighted by molar-refractivity contribution is -0.121. The van der Waals surface area contributed by atoms with Gasteiger partial charge in [0.1, 0.15) is 0 Å². The van der Waals surface area contributed by atoms with Crippen molar-refractivity contribution in [3.8, 4) is 0 Å². The molecule has 0 aliphatic heterocycles. The Labute approximate surface area is 181 Å². The van der Waals surface area contributed by atoms with Gasteiger partial charge in [-0.1, -0.05) is 48.0 Å². The van der Waals surface area contributed by atoms with Crippen molar-refractivity contribution in [3.05, 3.63) is 101 Å². The number of aromatic nitrogens is 2. The summed E-state index contributed by atoms with van der Waals surface area (Å²) < 4.78 is 2.12. The second kappa shape index (κ2) is 9.14. The molecule has 1 N–H and O–H groups in total. The number of pyridine rings is 1. The van der Waals surface area contributed by atoms with Crippen LogP contribution in [0.2, 0.25) is 5.02 Å². The molecule has 0 saturated carbocycles. The fourth-order valence-corrected chi connectivity index (χ4v) is 4.01. The normalized spacial score (nSPS) is 12.1. The zero-order valence-electron chi connectivity index (χ0n) is 16.9. The molecule has 4 nitrogen and oxygen atoms in total. The number of nitrogens with one attached hydrogen (secondary N) is 1. The second-order valence-electron chi connectivity index (χ2n) is 7.44. The van der Waals surface area contributed by atoms with E-state index < -0.39 is 0 Å². The van der Waals surface area contributed by atoms with Crippen molar-refractivity contribution in [3.63, 3.8) is 0 Å². The highest BCUT2D eigenvalue weighted by atomic mass is 35.5. The summed E-state index contributed by atoms with van der Waals surface area (Å²) in [6.07, 6.45) is 4.99. The lowest BCUT2D eigenvalue weighted by atomic mass is 9.88. The third-order valence-electron chi connectivity index (χ3n) is 5.39. The summed E-state index contributed by atoms with van der Waals surface area (Å²) in [6, 6.07) is 21.9. The van der Waals surface area contributed by atoms with E-state index in [1.165, 1.54) is 5.39 Å². The van der Waals surface area contributed by atoms with Crippen molar-refractivity contribution < 1.29 is 4.79 Å². The summed E-state index contributed by atoms with van der Waals surface area (Å²) in [5.74, 6) is -0.0259. The Morgan fingerprint density at radius 3 is 2.60 bits per heavy atom. The molecule has 0 spiro atoms. The van der Waals surface area contributed by atoms with Crippen LogP contribution in [0.5, 0.6) is 0 Å². The Kier molecular flexibility index (Phi) is 6.15. The number of carbonyl (C=O) groups is 1. The van der Waals surface area contributed by atoms with Crippen LogP contribution in [0.3, 0.4) is 0 Å². The molecule has 1 atom stereocenters. The Bertz CT molecular complexity index is 1140. The monoisotopic (exact) mass is 417 g/mol. The van der Waals surface area contributed by atoms with Crippen molar-refractivity contribution >= 4 is 28.4 Å². The van der Waals surface area contributed by atoms with E-state index >= 15 is 0 Å². The van der Waals surface area contributed by atoms with Crippen molar-refractivity contribution in [2.75, 3.05) is 6.54 Å². The van der Waals surface area contributed by atoms with Crippen LogP contribution in [0.1, 0.15) is 29.2 Å². The molecular formula is C25H24ClN3O. The first-order valence-electron chi connectivity index (χ1n) is 10.1. The van der Waals surface area contributed by atoms with Gasteiger partial charge in [-0.15, -0.1) is 0 Å². The molecule has 2 aromatic heterocycles. The van der Waals surface area contributed by atoms with E-state index in [9.17, 15) is 4.79 Å². The van der Waals surface area contributed by atoms with Gasteiger partial charge in [0.15, 0.2) is 0 Å². The molecule has 4 aromatic rings. The molecule has 0 saturated heterocycles. The highest BCUT2D eigenvalue weighted by Gasteiger charge is 2.22. The molecular weight excluding hydrogens is 394 g/mol. The van der Waals surface area contributed by atoms with Crippen LogP contribution in [0.4, 0.5) is 0 Å². The van der Waals surface area contributed by atoms with Crippen LogP contribution in [-0.4, -0.2) is 22.0 Å². The van der Waals surface area contributed by atoms with Gasteiger partial charge in [-0.25, -0.2) is 0 Å². The minimum atomic E-state index is -0.0526. The largest absolute Gasteiger partial charge is 0.356 e. The minimum Gasteiger partial charge on any atom is -0.356 e. The molecule has 4 rings (SSSR count). The second-order valence-corrected chi connectivity index (χ2v) is 7.88. The van der Waals surface area contributed by atoms with Gasteiger partial charge in [0.25, 0.3) is 0 Å². The number of nitrogens with zero attached hydrogens (tertiary/aromatic N) is 2. The summed E-state index contributed by atoms with van der Waals surface area (Å²) in [7, 11) is 2.04. The maximum atomic E-state index is 12.8. The highest BCUT2D eigenvalue weighted by molar-refractivity contribution is 6.30. The lowest BCUT2D eigenvalue weighted by Gasteiger charge is -2.17. The Balaban J connectivity index is 1.56. The number of rotatable bonds is 7. The van der Waals surface area contributed by atoms with Gasteiger partial charge in [-0.05, 0) is 41.5 Å². The molecule has 0 bridgehead atoms. The van der Waals surface area contributed by atoms with Crippen molar-refractivity contribution in [2.24, 2.45) is 7.05 Å². The summed E-state index contributed by atoms with van der Waals surface area (Å²) in [5.41, 5.74) is 4.36. The lowest BCUT2D eigenvalue weighted by Crippen LogP contribution is -2.27. The van der Waals surface area contributed by atoms with Crippen LogP contribution in [0.25, 0.3) is 10.9 Å². The SMILES string of the molecule is Cn1cc([C@@H](CC(=O)NCCc2ccccn2)c2ccc(Cl)cc2)c2ccccc21. The molecule has 152 valence electrons. The number of hydrogen-bond donors (Lipinski definition) is 1. The number of aryl methyl sites for hydroxylation is 1. The minimum absolute atomic E-state index is 0.0267. The summed E-state index contributed by atoms with van der Waals surface area (Å²) in [5, 5.41) is 4.91. The van der Waals surface area contributed by atoms with Crippen LogP contribution in [-0.2, 0) is 18.3 Å². The number of carbonyl (C=O) groups excluding carboxylic acids is 1. The zero-order chi connectivity index (χ0) is 20.9. The molecule has 5 heteroatoms. The van der Waals surface area contributed by atoms with Crippen molar-refractivity contribution in [2.45, 2.75) is 18.8 Å². The van der Waals surface area contributed by atoms with E-state index in [-0.39, 0.29) is 11.8 Å². The topological polar surface area (TPSA) is 46.9 Å². The van der Waals surface area contributed by atoms with Crippen LogP contribution in [0, 0.1) is 0 Å². The summed E-state index contributed by atoms with van der Waals surface area (Å²) in [4.78, 5) is 17.1. The van der Waals surface area contributed by atoms with Gasteiger partial charge in [-0.2, -0.15) is 0 Å². The van der Waals surface area contributed by atoms with Crippen molar-refractivity contribution in [1.29, 1.82) is 0 Å². The van der Waals surface area contributed by atoms with E-state index in [4.69, 9.17) is 11.6 Å². The van der Waals surface area contributed by atoms with Gasteiger partial charge in [-0.3, -0.25) is 9.78 Å². The predicted octanol–water partition coefficient (Wildman–Crippen LogP) is 5.11. The van der Waals surface area contributed by atoms with Gasteiger partial charge in [0.05, 0.1) is 0 Å². The first-order valence-corrected chi connectivity index (χ1v) is 10.5. The molecule has 2 heterocycles. The van der Waals surface area contributed by atoms with Gasteiger partial charge in [0.2, 0.25) is 5.91 Å². The molecule has 30 heavy (non-hydrogen) atoms. The molecule has 0 aliphatic rings. The highest BCUT2D eigenvalue weighted by Crippen LogP contribution is 2.34. The number of amides is 1. The van der Waals surface area contributed by atoms with E-state index in [0.29, 0.717) is 24.4 Å². The smallest absolute Gasteiger partial charge is 0.220 e. The number of hydrogen-bond acceptors (Lipinski definition) is 2. The van der Waals surface area contributed by atoms with E-state index in [1.807, 2.05) is 61.6 Å². The number of para-hydroxylation sites is 1. The molecule has 0 radical (unpaired) electrons. The Morgan fingerprint density at radius 2 is 1.83 bits per heavy atom. The zero-order valence-corrected chi connectivity index (χ0v) is 17.6. The maximum absolute atomic E-state index is 12.8. The van der Waals surface area contributed by atoms with E-state index in [2.05, 4.69) is 33.2 Å². The molecule has 0 fully saturated rings. The number of fused-ring (bicyclic) bond motifs is 1. The predicted molar refractivity (Wildman–Crippen MR) is 122 cm³/mol. The average molecular weight is 418 g/mol.